The van der Waals surface area contributed by atoms with E-state index in [0.717, 1.165) is 55.6 Å². The van der Waals surface area contributed by atoms with Crippen LogP contribution in [0.2, 0.25) is 0 Å². The lowest BCUT2D eigenvalue weighted by molar-refractivity contribution is 0.413. The molecule has 0 aliphatic heterocycles. The average molecular weight is 466 g/mol. The molecule has 2 aromatic carbocycles. The highest BCUT2D eigenvalue weighted by molar-refractivity contribution is 7.99. The minimum Gasteiger partial charge on any atom is -0.495 e. The van der Waals surface area contributed by atoms with Gasteiger partial charge in [-0.1, -0.05) is 49.0 Å². The first-order valence-corrected chi connectivity index (χ1v) is 11.8. The summed E-state index contributed by atoms with van der Waals surface area (Å²) < 4.78 is 5.26. The van der Waals surface area contributed by atoms with Gasteiger partial charge >= 0.3 is 0 Å². The minimum absolute atomic E-state index is 0.698. The Morgan fingerprint density at radius 3 is 2.50 bits per heavy atom. The van der Waals surface area contributed by atoms with Crippen LogP contribution in [-0.4, -0.2) is 27.3 Å². The van der Waals surface area contributed by atoms with Gasteiger partial charge in [0.05, 0.1) is 24.5 Å². The van der Waals surface area contributed by atoms with Gasteiger partial charge in [-0.2, -0.15) is 0 Å². The molecule has 5 aromatic rings. The van der Waals surface area contributed by atoms with Crippen molar-refractivity contribution in [3.05, 3.63) is 90.8 Å². The molecule has 0 aliphatic carbocycles. The third kappa shape index (κ3) is 4.70. The van der Waals surface area contributed by atoms with Crippen LogP contribution in [0.25, 0.3) is 22.3 Å². The van der Waals surface area contributed by atoms with Gasteiger partial charge in [0.2, 0.25) is 0 Å². The molecule has 0 spiro atoms. The van der Waals surface area contributed by atoms with Crippen LogP contribution in [0.5, 0.6) is 5.75 Å². The largest absolute Gasteiger partial charge is 0.495 e. The number of hydrogen-bond acceptors (Lipinski definition) is 7. The lowest BCUT2D eigenvalue weighted by Crippen LogP contribution is -2.01. The van der Waals surface area contributed by atoms with E-state index in [9.17, 15) is 0 Å². The first-order chi connectivity index (χ1) is 16.7. The second-order valence-corrected chi connectivity index (χ2v) is 8.74. The smallest absolute Gasteiger partial charge is 0.156 e. The molecule has 6 nitrogen and oxygen atoms in total. The van der Waals surface area contributed by atoms with Crippen LogP contribution >= 0.6 is 11.8 Å². The van der Waals surface area contributed by atoms with Crippen LogP contribution < -0.4 is 10.1 Å². The Hall–Kier alpha value is -3.97. The summed E-state index contributed by atoms with van der Waals surface area (Å²) in [5, 5.41) is 12.3. The van der Waals surface area contributed by atoms with Crippen LogP contribution in [0.1, 0.15) is 12.5 Å². The lowest BCUT2D eigenvalue weighted by atomic mass is 10.1. The van der Waals surface area contributed by atoms with E-state index >= 15 is 0 Å². The maximum absolute atomic E-state index is 5.26. The summed E-state index contributed by atoms with van der Waals surface area (Å²) in [6, 6.07) is 24.4. The number of nitrogens with zero attached hydrogens (tertiary/aromatic N) is 4. The molecule has 0 bridgehead atoms. The summed E-state index contributed by atoms with van der Waals surface area (Å²) in [5.41, 5.74) is 5.70. The van der Waals surface area contributed by atoms with E-state index in [4.69, 9.17) is 4.74 Å². The summed E-state index contributed by atoms with van der Waals surface area (Å²) in [4.78, 5) is 11.1. The standard InChI is InChI=1S/C27H23N5OS/c1-3-18-15-23(19-7-5-4-6-8-19)31-32-27(18)30-20-9-11-22(12-10-20)34-25-13-14-28-24-16-21(33-2)17-29-26(24)25/h4-17H,3H2,1-2H3,(H,30,32). The molecule has 34 heavy (non-hydrogen) atoms. The highest BCUT2D eigenvalue weighted by Gasteiger charge is 2.10. The van der Waals surface area contributed by atoms with Crippen LogP contribution in [0.15, 0.2) is 95.0 Å². The van der Waals surface area contributed by atoms with Crippen molar-refractivity contribution < 1.29 is 4.74 Å². The molecule has 5 rings (SSSR count). The van der Waals surface area contributed by atoms with Gasteiger partial charge in [-0.05, 0) is 48.4 Å². The van der Waals surface area contributed by atoms with Gasteiger partial charge < -0.3 is 10.1 Å². The van der Waals surface area contributed by atoms with E-state index in [1.807, 2.05) is 54.6 Å². The van der Waals surface area contributed by atoms with Crippen molar-refractivity contribution in [1.82, 2.24) is 20.2 Å². The number of anilines is 2. The minimum atomic E-state index is 0.698. The highest BCUT2D eigenvalue weighted by Crippen LogP contribution is 2.33. The fraction of sp³-hybridized carbons (Fsp3) is 0.111. The number of fused-ring (bicyclic) bond motifs is 1. The van der Waals surface area contributed by atoms with Crippen LogP contribution in [0.4, 0.5) is 11.5 Å². The SMILES string of the molecule is CCc1cc(-c2ccccc2)nnc1Nc1ccc(Sc2ccnc3cc(OC)cnc23)cc1. The molecule has 0 aliphatic rings. The molecular formula is C27H23N5OS. The predicted octanol–water partition coefficient (Wildman–Crippen LogP) is 6.55. The zero-order valence-corrected chi connectivity index (χ0v) is 19.7. The van der Waals surface area contributed by atoms with Gasteiger partial charge in [0.15, 0.2) is 5.82 Å². The van der Waals surface area contributed by atoms with Crippen molar-refractivity contribution in [3.63, 3.8) is 0 Å². The topological polar surface area (TPSA) is 72.8 Å². The average Bonchev–Trinajstić information content (AvgIpc) is 2.90. The molecule has 3 heterocycles. The Bertz CT molecular complexity index is 1420. The molecule has 0 unspecified atom stereocenters. The van der Waals surface area contributed by atoms with Crippen molar-refractivity contribution in [3.8, 4) is 17.0 Å². The predicted molar refractivity (Wildman–Crippen MR) is 137 cm³/mol. The van der Waals surface area contributed by atoms with E-state index in [2.05, 4.69) is 50.6 Å². The van der Waals surface area contributed by atoms with Crippen molar-refractivity contribution in [2.75, 3.05) is 12.4 Å². The fourth-order valence-electron chi connectivity index (χ4n) is 3.61. The van der Waals surface area contributed by atoms with Gasteiger partial charge in [0.1, 0.15) is 11.3 Å². The molecule has 0 radical (unpaired) electrons. The second-order valence-electron chi connectivity index (χ2n) is 7.63. The molecule has 7 heteroatoms. The summed E-state index contributed by atoms with van der Waals surface area (Å²) in [6.07, 6.45) is 4.38. The second kappa shape index (κ2) is 9.89. The Morgan fingerprint density at radius 1 is 0.912 bits per heavy atom. The van der Waals surface area contributed by atoms with Crippen molar-refractivity contribution in [1.29, 1.82) is 0 Å². The van der Waals surface area contributed by atoms with Gasteiger partial charge in [0.25, 0.3) is 0 Å². The quantitative estimate of drug-likeness (QED) is 0.292. The van der Waals surface area contributed by atoms with Crippen molar-refractivity contribution in [2.45, 2.75) is 23.1 Å². The molecule has 0 saturated heterocycles. The highest BCUT2D eigenvalue weighted by atomic mass is 32.2. The van der Waals surface area contributed by atoms with Gasteiger partial charge in [-0.25, -0.2) is 4.98 Å². The van der Waals surface area contributed by atoms with Crippen LogP contribution in [0.3, 0.4) is 0 Å². The number of nitrogens with one attached hydrogen (secondary N) is 1. The van der Waals surface area contributed by atoms with Crippen LogP contribution in [-0.2, 0) is 6.42 Å². The Morgan fingerprint density at radius 2 is 1.74 bits per heavy atom. The monoisotopic (exact) mass is 465 g/mol. The molecule has 1 N–H and O–H groups in total. The molecule has 0 amide bonds. The summed E-state index contributed by atoms with van der Waals surface area (Å²) in [7, 11) is 1.63. The summed E-state index contributed by atoms with van der Waals surface area (Å²) in [5.74, 6) is 1.48. The third-order valence-electron chi connectivity index (χ3n) is 5.42. The Kier molecular flexibility index (Phi) is 6.35. The summed E-state index contributed by atoms with van der Waals surface area (Å²) in [6.45, 7) is 2.12. The van der Waals surface area contributed by atoms with E-state index in [-0.39, 0.29) is 0 Å². The zero-order chi connectivity index (χ0) is 23.3. The normalized spacial score (nSPS) is 10.9. The molecule has 3 aromatic heterocycles. The number of aryl methyl sites for hydroxylation is 1. The number of methoxy groups -OCH3 is 1. The molecular weight excluding hydrogens is 442 g/mol. The van der Waals surface area contributed by atoms with Gasteiger partial charge in [-0.3, -0.25) is 4.98 Å². The maximum atomic E-state index is 5.26. The zero-order valence-electron chi connectivity index (χ0n) is 18.9. The molecule has 168 valence electrons. The molecule has 0 atom stereocenters. The first-order valence-electron chi connectivity index (χ1n) is 11.0. The molecule has 0 fully saturated rings. The number of hydrogen-bond donors (Lipinski definition) is 1. The Balaban J connectivity index is 1.34. The first kappa shape index (κ1) is 21.9. The third-order valence-corrected chi connectivity index (χ3v) is 6.48. The number of benzene rings is 2. The number of aromatic nitrogens is 4. The fourth-order valence-corrected chi connectivity index (χ4v) is 4.52. The van der Waals surface area contributed by atoms with Gasteiger partial charge in [0, 0.05) is 33.3 Å². The van der Waals surface area contributed by atoms with E-state index in [1.165, 1.54) is 0 Å². The summed E-state index contributed by atoms with van der Waals surface area (Å²) >= 11 is 1.65. The Labute approximate surface area is 202 Å². The number of pyridine rings is 2. The van der Waals surface area contributed by atoms with Crippen molar-refractivity contribution in [2.24, 2.45) is 0 Å². The maximum Gasteiger partial charge on any atom is 0.156 e. The lowest BCUT2D eigenvalue weighted by Gasteiger charge is -2.12. The number of ether oxygens (including phenoxy) is 1. The van der Waals surface area contributed by atoms with Crippen LogP contribution in [0, 0.1) is 0 Å². The van der Waals surface area contributed by atoms with E-state index in [1.54, 1.807) is 31.3 Å². The van der Waals surface area contributed by atoms with Crippen molar-refractivity contribution >= 4 is 34.3 Å². The van der Waals surface area contributed by atoms with Gasteiger partial charge in [-0.15, -0.1) is 10.2 Å². The number of rotatable bonds is 7. The van der Waals surface area contributed by atoms with E-state index in [0.29, 0.717) is 5.75 Å². The molecule has 0 saturated carbocycles. The van der Waals surface area contributed by atoms with E-state index < -0.39 is 0 Å².